The van der Waals surface area contributed by atoms with Gasteiger partial charge in [0, 0.05) is 25.8 Å². The first kappa shape index (κ1) is 14.4. The van der Waals surface area contributed by atoms with Gasteiger partial charge in [-0.25, -0.2) is 0 Å². The van der Waals surface area contributed by atoms with Crippen LogP contribution in [0.15, 0.2) is 24.3 Å². The van der Waals surface area contributed by atoms with Crippen molar-refractivity contribution in [2.75, 3.05) is 32.1 Å². The van der Waals surface area contributed by atoms with Gasteiger partial charge in [-0.05, 0) is 25.0 Å². The lowest BCUT2D eigenvalue weighted by atomic mass is 10.1. The number of para-hydroxylation sites is 1. The van der Waals surface area contributed by atoms with E-state index in [9.17, 15) is 9.59 Å². The molecule has 0 aromatic heterocycles. The highest BCUT2D eigenvalue weighted by Crippen LogP contribution is 2.31. The zero-order valence-corrected chi connectivity index (χ0v) is 12.2. The molecule has 0 saturated heterocycles. The Labute approximate surface area is 119 Å². The maximum atomic E-state index is 12.2. The first-order chi connectivity index (χ1) is 9.52. The predicted molar refractivity (Wildman–Crippen MR) is 78.7 cm³/mol. The van der Waals surface area contributed by atoms with Gasteiger partial charge in [-0.15, -0.1) is 0 Å². The molecule has 5 heteroatoms. The minimum atomic E-state index is -0.157. The Kier molecular flexibility index (Phi) is 4.27. The minimum Gasteiger partial charge on any atom is -0.359 e. The Morgan fingerprint density at radius 3 is 2.80 bits per heavy atom. The van der Waals surface area contributed by atoms with Crippen molar-refractivity contribution < 1.29 is 9.59 Å². The van der Waals surface area contributed by atoms with Gasteiger partial charge in [0.25, 0.3) is 0 Å². The number of anilines is 1. The molecule has 5 nitrogen and oxygen atoms in total. The van der Waals surface area contributed by atoms with Gasteiger partial charge >= 0.3 is 0 Å². The minimum absolute atomic E-state index is 0.0443. The van der Waals surface area contributed by atoms with Gasteiger partial charge in [0.2, 0.25) is 11.8 Å². The van der Waals surface area contributed by atoms with Crippen molar-refractivity contribution in [2.45, 2.75) is 19.4 Å². The normalized spacial score (nSPS) is 16.8. The van der Waals surface area contributed by atoms with Crippen molar-refractivity contribution in [3.63, 3.8) is 0 Å². The molecule has 20 heavy (non-hydrogen) atoms. The van der Waals surface area contributed by atoms with Crippen LogP contribution < -0.4 is 10.2 Å². The molecular formula is C15H21N3O2. The number of carbonyl (C=O) groups excluding carboxylic acids is 2. The molecule has 2 rings (SSSR count). The first-order valence-corrected chi connectivity index (χ1v) is 6.82. The smallest absolute Gasteiger partial charge is 0.242 e. The zero-order valence-electron chi connectivity index (χ0n) is 12.2. The number of carbonyl (C=O) groups is 2. The van der Waals surface area contributed by atoms with E-state index in [-0.39, 0.29) is 18.4 Å². The molecule has 1 aromatic rings. The summed E-state index contributed by atoms with van der Waals surface area (Å²) in [6.07, 6.45) is 0.961. The average molecular weight is 275 g/mol. The summed E-state index contributed by atoms with van der Waals surface area (Å²) in [4.78, 5) is 27.1. The number of likely N-dealkylation sites (N-methyl/N-ethyl adjacent to an activating group) is 2. The number of nitrogens with zero attached hydrogens (tertiary/aromatic N) is 2. The fourth-order valence-electron chi connectivity index (χ4n) is 2.52. The highest BCUT2D eigenvalue weighted by molar-refractivity contribution is 5.87. The van der Waals surface area contributed by atoms with E-state index in [1.807, 2.05) is 18.2 Å². The second-order valence-corrected chi connectivity index (χ2v) is 5.23. The van der Waals surface area contributed by atoms with E-state index in [1.165, 1.54) is 10.5 Å². The molecule has 0 fully saturated rings. The van der Waals surface area contributed by atoms with Crippen molar-refractivity contribution in [1.29, 1.82) is 0 Å². The lowest BCUT2D eigenvalue weighted by Gasteiger charge is -2.26. The maximum absolute atomic E-state index is 12.2. The summed E-state index contributed by atoms with van der Waals surface area (Å²) in [5.41, 5.74) is 2.41. The molecule has 0 saturated carbocycles. The third-order valence-corrected chi connectivity index (χ3v) is 3.74. The third kappa shape index (κ3) is 2.92. The van der Waals surface area contributed by atoms with E-state index < -0.39 is 0 Å². The predicted octanol–water partition coefficient (Wildman–Crippen LogP) is 0.642. The number of nitrogens with one attached hydrogen (secondary N) is 1. The largest absolute Gasteiger partial charge is 0.359 e. The second-order valence-electron chi connectivity index (χ2n) is 5.23. The van der Waals surface area contributed by atoms with Gasteiger partial charge in [-0.3, -0.25) is 9.59 Å². The highest BCUT2D eigenvalue weighted by atomic mass is 16.2. The molecule has 1 N–H and O–H groups in total. The Balaban J connectivity index is 2.03. The second kappa shape index (κ2) is 5.94. The fraction of sp³-hybridized carbons (Fsp3) is 0.467. The van der Waals surface area contributed by atoms with Gasteiger partial charge in [0.1, 0.15) is 0 Å². The lowest BCUT2D eigenvalue weighted by molar-refractivity contribution is -0.133. The van der Waals surface area contributed by atoms with Crippen LogP contribution in [0.4, 0.5) is 5.69 Å². The van der Waals surface area contributed by atoms with E-state index in [4.69, 9.17) is 0 Å². The average Bonchev–Trinajstić information content (AvgIpc) is 2.75. The summed E-state index contributed by atoms with van der Waals surface area (Å²) in [5, 5.41) is 2.52. The van der Waals surface area contributed by atoms with E-state index in [0.717, 1.165) is 12.1 Å². The van der Waals surface area contributed by atoms with Crippen LogP contribution in [0, 0.1) is 0 Å². The van der Waals surface area contributed by atoms with E-state index in [2.05, 4.69) is 23.2 Å². The SMILES string of the molecule is CNC(=O)CN(C)C(=O)CN1c2ccccc2C[C@H]1C. The maximum Gasteiger partial charge on any atom is 0.242 e. The number of rotatable bonds is 4. The Morgan fingerprint density at radius 1 is 1.40 bits per heavy atom. The van der Waals surface area contributed by atoms with Crippen LogP contribution in [0.2, 0.25) is 0 Å². The molecule has 1 heterocycles. The Bertz CT molecular complexity index is 516. The number of hydrogen-bond acceptors (Lipinski definition) is 3. The van der Waals surface area contributed by atoms with Crippen LogP contribution in [-0.4, -0.2) is 49.9 Å². The molecule has 108 valence electrons. The van der Waals surface area contributed by atoms with Crippen LogP contribution in [0.25, 0.3) is 0 Å². The molecule has 0 bridgehead atoms. The van der Waals surface area contributed by atoms with E-state index in [1.54, 1.807) is 14.1 Å². The van der Waals surface area contributed by atoms with E-state index >= 15 is 0 Å². The molecule has 2 amide bonds. The Morgan fingerprint density at radius 2 is 2.10 bits per heavy atom. The molecule has 0 radical (unpaired) electrons. The zero-order chi connectivity index (χ0) is 14.7. The third-order valence-electron chi connectivity index (χ3n) is 3.74. The van der Waals surface area contributed by atoms with Crippen molar-refractivity contribution in [3.8, 4) is 0 Å². The van der Waals surface area contributed by atoms with Gasteiger partial charge in [0.05, 0.1) is 13.1 Å². The number of benzene rings is 1. The quantitative estimate of drug-likeness (QED) is 0.877. The van der Waals surface area contributed by atoms with Crippen molar-refractivity contribution >= 4 is 17.5 Å². The van der Waals surface area contributed by atoms with Crippen LogP contribution >= 0.6 is 0 Å². The van der Waals surface area contributed by atoms with Gasteiger partial charge in [0.15, 0.2) is 0 Å². The molecule has 0 spiro atoms. The van der Waals surface area contributed by atoms with Crippen molar-refractivity contribution in [2.24, 2.45) is 0 Å². The lowest BCUT2D eigenvalue weighted by Crippen LogP contribution is -2.44. The monoisotopic (exact) mass is 275 g/mol. The molecule has 1 atom stereocenters. The molecule has 0 aliphatic carbocycles. The van der Waals surface area contributed by atoms with Crippen LogP contribution in [0.1, 0.15) is 12.5 Å². The highest BCUT2D eigenvalue weighted by Gasteiger charge is 2.28. The molecule has 0 unspecified atom stereocenters. The van der Waals surface area contributed by atoms with Crippen LogP contribution in [0.3, 0.4) is 0 Å². The molecule has 1 aliphatic heterocycles. The summed E-state index contributed by atoms with van der Waals surface area (Å²) in [7, 11) is 3.23. The van der Waals surface area contributed by atoms with Crippen molar-refractivity contribution in [1.82, 2.24) is 10.2 Å². The topological polar surface area (TPSA) is 52.7 Å². The first-order valence-electron chi connectivity index (χ1n) is 6.82. The van der Waals surface area contributed by atoms with Gasteiger partial charge < -0.3 is 15.1 Å². The molecular weight excluding hydrogens is 254 g/mol. The number of fused-ring (bicyclic) bond motifs is 1. The van der Waals surface area contributed by atoms with Crippen molar-refractivity contribution in [3.05, 3.63) is 29.8 Å². The summed E-state index contributed by atoms with van der Waals surface area (Å²) in [5.74, 6) is -0.201. The summed E-state index contributed by atoms with van der Waals surface area (Å²) in [6, 6.07) is 8.47. The fourth-order valence-corrected chi connectivity index (χ4v) is 2.52. The number of amides is 2. The number of hydrogen-bond donors (Lipinski definition) is 1. The summed E-state index contributed by atoms with van der Waals surface area (Å²) < 4.78 is 0. The van der Waals surface area contributed by atoms with Crippen LogP contribution in [0.5, 0.6) is 0 Å². The summed E-state index contributed by atoms with van der Waals surface area (Å²) in [6.45, 7) is 2.52. The Hall–Kier alpha value is -2.04. The molecule has 1 aromatic carbocycles. The van der Waals surface area contributed by atoms with E-state index in [0.29, 0.717) is 12.6 Å². The van der Waals surface area contributed by atoms with Gasteiger partial charge in [-0.2, -0.15) is 0 Å². The van der Waals surface area contributed by atoms with Crippen LogP contribution in [-0.2, 0) is 16.0 Å². The summed E-state index contributed by atoms with van der Waals surface area (Å²) >= 11 is 0. The molecule has 1 aliphatic rings. The standard InChI is InChI=1S/C15H21N3O2/c1-11-8-12-6-4-5-7-13(12)18(11)10-15(20)17(3)9-14(19)16-2/h4-7,11H,8-10H2,1-3H3,(H,16,19)/t11-/m1/s1. The van der Waals surface area contributed by atoms with Gasteiger partial charge in [-0.1, -0.05) is 18.2 Å².